The van der Waals surface area contributed by atoms with Crippen LogP contribution in [0.4, 0.5) is 0 Å². The van der Waals surface area contributed by atoms with Crippen molar-refractivity contribution >= 4 is 5.91 Å². The van der Waals surface area contributed by atoms with E-state index in [-0.39, 0.29) is 12.0 Å². The number of rotatable bonds is 6. The number of hydrogen-bond donors (Lipinski definition) is 1. The quantitative estimate of drug-likeness (QED) is 0.883. The molecule has 0 saturated carbocycles. The lowest BCUT2D eigenvalue weighted by Crippen LogP contribution is -2.29. The Morgan fingerprint density at radius 3 is 3.08 bits per heavy atom. The minimum atomic E-state index is -0.115. The van der Waals surface area contributed by atoms with E-state index in [9.17, 15) is 4.79 Å². The number of aromatic nitrogens is 2. The molecular formula is C18H21N3O3. The molecule has 24 heavy (non-hydrogen) atoms. The van der Waals surface area contributed by atoms with Gasteiger partial charge in [0.2, 0.25) is 5.88 Å². The molecule has 2 heterocycles. The van der Waals surface area contributed by atoms with Crippen LogP contribution in [0.1, 0.15) is 36.0 Å². The van der Waals surface area contributed by atoms with Crippen molar-refractivity contribution in [3.05, 3.63) is 48.4 Å². The van der Waals surface area contributed by atoms with Gasteiger partial charge in [-0.1, -0.05) is 6.07 Å². The van der Waals surface area contributed by atoms with Crippen LogP contribution in [-0.2, 0) is 4.74 Å². The molecule has 0 radical (unpaired) electrons. The van der Waals surface area contributed by atoms with Gasteiger partial charge >= 0.3 is 0 Å². The normalized spacial score (nSPS) is 17.2. The summed E-state index contributed by atoms with van der Waals surface area (Å²) in [6.07, 6.45) is 9.20. The van der Waals surface area contributed by atoms with Crippen molar-refractivity contribution in [2.75, 3.05) is 13.2 Å². The van der Waals surface area contributed by atoms with Gasteiger partial charge < -0.3 is 14.8 Å². The van der Waals surface area contributed by atoms with Gasteiger partial charge in [0.15, 0.2) is 0 Å². The highest BCUT2D eigenvalue weighted by Gasteiger charge is 2.14. The number of amides is 1. The van der Waals surface area contributed by atoms with Crippen molar-refractivity contribution in [2.45, 2.75) is 31.8 Å². The summed E-state index contributed by atoms with van der Waals surface area (Å²) in [4.78, 5) is 20.3. The maximum absolute atomic E-state index is 12.3. The molecule has 1 aliphatic heterocycles. The zero-order valence-corrected chi connectivity index (χ0v) is 13.5. The molecule has 1 aromatic heterocycles. The number of nitrogens with zero attached hydrogens (tertiary/aromatic N) is 2. The number of carbonyl (C=O) groups is 1. The molecule has 1 atom stereocenters. The van der Waals surface area contributed by atoms with Crippen LogP contribution in [0.25, 0.3) is 0 Å². The van der Waals surface area contributed by atoms with Gasteiger partial charge in [0.05, 0.1) is 12.3 Å². The van der Waals surface area contributed by atoms with E-state index < -0.39 is 0 Å². The van der Waals surface area contributed by atoms with Crippen LogP contribution < -0.4 is 10.1 Å². The van der Waals surface area contributed by atoms with Gasteiger partial charge in [0.1, 0.15) is 5.75 Å². The van der Waals surface area contributed by atoms with E-state index in [1.807, 2.05) is 0 Å². The molecule has 126 valence electrons. The second-order valence-corrected chi connectivity index (χ2v) is 5.71. The van der Waals surface area contributed by atoms with Crippen LogP contribution in [0.3, 0.4) is 0 Å². The van der Waals surface area contributed by atoms with Gasteiger partial charge in [-0.3, -0.25) is 9.78 Å². The van der Waals surface area contributed by atoms with Crippen molar-refractivity contribution < 1.29 is 14.3 Å². The first kappa shape index (κ1) is 16.4. The molecule has 1 amide bonds. The molecule has 1 N–H and O–H groups in total. The zero-order valence-electron chi connectivity index (χ0n) is 13.5. The first-order valence-electron chi connectivity index (χ1n) is 8.25. The van der Waals surface area contributed by atoms with E-state index in [4.69, 9.17) is 9.47 Å². The van der Waals surface area contributed by atoms with Crippen LogP contribution >= 0.6 is 0 Å². The summed E-state index contributed by atoms with van der Waals surface area (Å²) in [5.41, 5.74) is 0.556. The maximum atomic E-state index is 12.3. The van der Waals surface area contributed by atoms with Crippen LogP contribution in [0.2, 0.25) is 0 Å². The Morgan fingerprint density at radius 1 is 1.33 bits per heavy atom. The van der Waals surface area contributed by atoms with Gasteiger partial charge in [-0.25, -0.2) is 4.98 Å². The van der Waals surface area contributed by atoms with Crippen molar-refractivity contribution in [3.8, 4) is 11.6 Å². The third-order valence-electron chi connectivity index (χ3n) is 3.88. The Labute approximate surface area is 141 Å². The molecule has 0 bridgehead atoms. The van der Waals surface area contributed by atoms with Crippen LogP contribution in [0.5, 0.6) is 11.6 Å². The monoisotopic (exact) mass is 327 g/mol. The van der Waals surface area contributed by atoms with Crippen molar-refractivity contribution in [3.63, 3.8) is 0 Å². The molecule has 3 rings (SSSR count). The smallest absolute Gasteiger partial charge is 0.251 e. The van der Waals surface area contributed by atoms with Crippen molar-refractivity contribution in [2.24, 2.45) is 0 Å². The summed E-state index contributed by atoms with van der Waals surface area (Å²) in [5, 5.41) is 2.93. The Balaban J connectivity index is 1.52. The van der Waals surface area contributed by atoms with Crippen LogP contribution in [0.15, 0.2) is 42.9 Å². The fourth-order valence-electron chi connectivity index (χ4n) is 2.64. The van der Waals surface area contributed by atoms with E-state index in [0.717, 1.165) is 25.9 Å². The highest BCUT2D eigenvalue weighted by molar-refractivity contribution is 5.94. The molecular weight excluding hydrogens is 306 g/mol. The third-order valence-corrected chi connectivity index (χ3v) is 3.88. The average molecular weight is 327 g/mol. The minimum absolute atomic E-state index is 0.115. The molecule has 2 aromatic rings. The summed E-state index contributed by atoms with van der Waals surface area (Å²) < 4.78 is 11.3. The second-order valence-electron chi connectivity index (χ2n) is 5.71. The fraction of sp³-hybridized carbons (Fsp3) is 0.389. The standard InChI is InChI=1S/C18H21N3O3/c22-18(21-8-7-15-5-1-2-11-23-15)14-4-3-6-16(12-14)24-17-13-19-9-10-20-17/h3-4,6,9-10,12-13,15H,1-2,5,7-8,11H2,(H,21,22). The van der Waals surface area contributed by atoms with E-state index in [1.165, 1.54) is 12.6 Å². The van der Waals surface area contributed by atoms with Gasteiger partial charge in [0.25, 0.3) is 5.91 Å². The molecule has 1 aliphatic rings. The van der Waals surface area contributed by atoms with E-state index in [0.29, 0.717) is 23.7 Å². The number of hydrogen-bond acceptors (Lipinski definition) is 5. The Kier molecular flexibility index (Phi) is 5.74. The molecule has 0 spiro atoms. The van der Waals surface area contributed by atoms with Crippen molar-refractivity contribution in [1.82, 2.24) is 15.3 Å². The first-order valence-corrected chi connectivity index (χ1v) is 8.25. The topological polar surface area (TPSA) is 73.3 Å². The molecule has 1 saturated heterocycles. The molecule has 6 nitrogen and oxygen atoms in total. The lowest BCUT2D eigenvalue weighted by atomic mass is 10.1. The van der Waals surface area contributed by atoms with Crippen LogP contribution in [0, 0.1) is 0 Å². The maximum Gasteiger partial charge on any atom is 0.251 e. The number of ether oxygens (including phenoxy) is 2. The lowest BCUT2D eigenvalue weighted by Gasteiger charge is -2.22. The van der Waals surface area contributed by atoms with Gasteiger partial charge in [-0.05, 0) is 43.9 Å². The van der Waals surface area contributed by atoms with Gasteiger partial charge in [-0.2, -0.15) is 0 Å². The first-order chi connectivity index (χ1) is 11.8. The van der Waals surface area contributed by atoms with Crippen molar-refractivity contribution in [1.29, 1.82) is 0 Å². The SMILES string of the molecule is O=C(NCCC1CCCCO1)c1cccc(Oc2cnccn2)c1. The fourth-order valence-corrected chi connectivity index (χ4v) is 2.64. The Bertz CT molecular complexity index is 658. The second kappa shape index (κ2) is 8.40. The summed E-state index contributed by atoms with van der Waals surface area (Å²) in [6, 6.07) is 7.02. The molecule has 1 fully saturated rings. The Hall–Kier alpha value is -2.47. The highest BCUT2D eigenvalue weighted by atomic mass is 16.5. The molecule has 1 aromatic carbocycles. The van der Waals surface area contributed by atoms with E-state index in [1.54, 1.807) is 36.7 Å². The lowest BCUT2D eigenvalue weighted by molar-refractivity contribution is 0.0117. The third kappa shape index (κ3) is 4.76. The van der Waals surface area contributed by atoms with E-state index >= 15 is 0 Å². The average Bonchev–Trinajstić information content (AvgIpc) is 2.64. The van der Waals surface area contributed by atoms with Gasteiger partial charge in [-0.15, -0.1) is 0 Å². The molecule has 0 aliphatic carbocycles. The van der Waals surface area contributed by atoms with E-state index in [2.05, 4.69) is 15.3 Å². The highest BCUT2D eigenvalue weighted by Crippen LogP contribution is 2.19. The summed E-state index contributed by atoms with van der Waals surface area (Å²) in [5.74, 6) is 0.832. The summed E-state index contributed by atoms with van der Waals surface area (Å²) in [7, 11) is 0. The largest absolute Gasteiger partial charge is 0.437 e. The Morgan fingerprint density at radius 2 is 2.29 bits per heavy atom. The molecule has 6 heteroatoms. The predicted octanol–water partition coefficient (Wildman–Crippen LogP) is 2.96. The minimum Gasteiger partial charge on any atom is -0.437 e. The van der Waals surface area contributed by atoms with Crippen LogP contribution in [-0.4, -0.2) is 35.1 Å². The number of nitrogens with one attached hydrogen (secondary N) is 1. The summed E-state index contributed by atoms with van der Waals surface area (Å²) >= 11 is 0. The number of carbonyl (C=O) groups excluding carboxylic acids is 1. The predicted molar refractivity (Wildman–Crippen MR) is 89.1 cm³/mol. The number of benzene rings is 1. The zero-order chi connectivity index (χ0) is 16.6. The van der Waals surface area contributed by atoms with Gasteiger partial charge in [0, 0.05) is 31.1 Å². The molecule has 1 unspecified atom stereocenters. The summed E-state index contributed by atoms with van der Waals surface area (Å²) in [6.45, 7) is 1.44.